The number of sulfonamides is 1. The summed E-state index contributed by atoms with van der Waals surface area (Å²) in [5.74, 6) is -0.916. The van der Waals surface area contributed by atoms with Gasteiger partial charge in [0.15, 0.2) is 5.82 Å². The van der Waals surface area contributed by atoms with E-state index >= 15 is 0 Å². The first kappa shape index (κ1) is 26.3. The zero-order valence-corrected chi connectivity index (χ0v) is 23.2. The lowest BCUT2D eigenvalue weighted by atomic mass is 9.66. The Bertz CT molecular complexity index is 1730. The van der Waals surface area contributed by atoms with Crippen molar-refractivity contribution in [2.24, 2.45) is 5.41 Å². The number of nitrogens with zero attached hydrogens (tertiary/aromatic N) is 6. The molecule has 0 saturated heterocycles. The lowest BCUT2D eigenvalue weighted by molar-refractivity contribution is 0.243. The number of anilines is 1. The Hall–Kier alpha value is -3.93. The molecule has 0 radical (unpaired) electrons. The molecule has 1 saturated carbocycles. The van der Waals surface area contributed by atoms with Gasteiger partial charge in [-0.05, 0) is 67.9 Å². The first-order valence-electron chi connectivity index (χ1n) is 13.0. The molecule has 12 heteroatoms. The number of halogens is 2. The smallest absolute Gasteiger partial charge is 0.237 e. The monoisotopic (exact) mass is 563 g/mol. The number of rotatable bonds is 6. The Balaban J connectivity index is 1.40. The number of benzene rings is 1. The summed E-state index contributed by atoms with van der Waals surface area (Å²) in [5, 5.41) is 8.22. The summed E-state index contributed by atoms with van der Waals surface area (Å²) in [6, 6.07) is 7.38. The fraction of sp³-hybridized carbons (Fsp3) is 0.357. The molecule has 1 fully saturated rings. The van der Waals surface area contributed by atoms with Gasteiger partial charge in [-0.2, -0.15) is 5.10 Å². The summed E-state index contributed by atoms with van der Waals surface area (Å²) in [5.41, 5.74) is 2.05. The van der Waals surface area contributed by atoms with Gasteiger partial charge < -0.3 is 0 Å². The molecule has 2 atom stereocenters. The Morgan fingerprint density at radius 1 is 1.02 bits per heavy atom. The SMILES string of the molecule is CC(C)S(=O)(=O)Nc1ncc(-c2nccc([C@@]34CC[C@@H](c5cc(-c6c(F)cccc6F)nnc53)C4(C)C)n2)cn1. The van der Waals surface area contributed by atoms with Crippen LogP contribution in [0.15, 0.2) is 48.9 Å². The quantitative estimate of drug-likeness (QED) is 0.347. The van der Waals surface area contributed by atoms with Crippen LogP contribution in [0.1, 0.15) is 63.4 Å². The molecule has 3 heterocycles. The molecule has 3 aromatic heterocycles. The zero-order chi connectivity index (χ0) is 28.4. The Morgan fingerprint density at radius 3 is 2.40 bits per heavy atom. The molecule has 9 nitrogen and oxygen atoms in total. The van der Waals surface area contributed by atoms with Crippen LogP contribution in [0.25, 0.3) is 22.6 Å². The zero-order valence-electron chi connectivity index (χ0n) is 22.4. The summed E-state index contributed by atoms with van der Waals surface area (Å²) in [7, 11) is -3.58. The van der Waals surface area contributed by atoms with Gasteiger partial charge in [-0.3, -0.25) is 4.72 Å². The Labute approximate surface area is 230 Å². The highest BCUT2D eigenvalue weighted by Crippen LogP contribution is 2.69. The molecule has 0 unspecified atom stereocenters. The second kappa shape index (κ2) is 9.05. The summed E-state index contributed by atoms with van der Waals surface area (Å²) < 4.78 is 55.8. The highest BCUT2D eigenvalue weighted by Gasteiger charge is 2.65. The number of hydrogen-bond donors (Lipinski definition) is 1. The molecular weight excluding hydrogens is 536 g/mol. The minimum absolute atomic E-state index is 0.0333. The lowest BCUT2D eigenvalue weighted by Gasteiger charge is -2.37. The molecule has 2 aliphatic rings. The van der Waals surface area contributed by atoms with E-state index < -0.39 is 32.3 Å². The normalized spacial score (nSPS) is 21.0. The van der Waals surface area contributed by atoms with Crippen molar-refractivity contribution in [2.75, 3.05) is 4.72 Å². The maximum Gasteiger partial charge on any atom is 0.237 e. The van der Waals surface area contributed by atoms with Gasteiger partial charge in [-0.1, -0.05) is 19.9 Å². The number of nitrogens with one attached hydrogen (secondary N) is 1. The molecule has 2 aliphatic carbocycles. The highest BCUT2D eigenvalue weighted by molar-refractivity contribution is 7.93. The maximum atomic E-state index is 14.5. The fourth-order valence-corrected chi connectivity index (χ4v) is 6.83. The second-order valence-corrected chi connectivity index (χ2v) is 13.3. The van der Waals surface area contributed by atoms with Gasteiger partial charge in [0.1, 0.15) is 11.6 Å². The van der Waals surface area contributed by atoms with Gasteiger partial charge in [0.05, 0.1) is 38.9 Å². The average molecular weight is 564 g/mol. The minimum Gasteiger partial charge on any atom is -0.251 e. The topological polar surface area (TPSA) is 124 Å². The summed E-state index contributed by atoms with van der Waals surface area (Å²) in [6.45, 7) is 7.46. The third-order valence-electron chi connectivity index (χ3n) is 8.46. The molecule has 206 valence electrons. The van der Waals surface area contributed by atoms with Crippen molar-refractivity contribution in [1.29, 1.82) is 0 Å². The van der Waals surface area contributed by atoms with Crippen LogP contribution in [-0.4, -0.2) is 43.8 Å². The van der Waals surface area contributed by atoms with Gasteiger partial charge in [-0.15, -0.1) is 5.10 Å². The Kier molecular flexibility index (Phi) is 5.95. The van der Waals surface area contributed by atoms with Crippen molar-refractivity contribution in [3.8, 4) is 22.6 Å². The van der Waals surface area contributed by atoms with Crippen LogP contribution in [0.5, 0.6) is 0 Å². The van der Waals surface area contributed by atoms with Crippen molar-refractivity contribution < 1.29 is 17.2 Å². The summed E-state index contributed by atoms with van der Waals surface area (Å²) in [4.78, 5) is 17.6. The molecule has 0 aliphatic heterocycles. The Morgan fingerprint density at radius 2 is 1.73 bits per heavy atom. The first-order valence-corrected chi connectivity index (χ1v) is 14.5. The lowest BCUT2D eigenvalue weighted by Crippen LogP contribution is -2.38. The molecule has 0 amide bonds. The van der Waals surface area contributed by atoms with Crippen molar-refractivity contribution in [3.05, 3.63) is 77.5 Å². The summed E-state index contributed by atoms with van der Waals surface area (Å²) >= 11 is 0. The molecule has 2 bridgehead atoms. The van der Waals surface area contributed by atoms with Crippen LogP contribution in [0.4, 0.5) is 14.7 Å². The minimum atomic E-state index is -3.58. The van der Waals surface area contributed by atoms with E-state index in [1.54, 1.807) is 26.1 Å². The van der Waals surface area contributed by atoms with Crippen molar-refractivity contribution in [1.82, 2.24) is 30.1 Å². The number of aromatic nitrogens is 6. The van der Waals surface area contributed by atoms with Gasteiger partial charge in [0.25, 0.3) is 0 Å². The number of fused-ring (bicyclic) bond motifs is 5. The molecular formula is C28H27F2N7O2S. The van der Waals surface area contributed by atoms with Crippen LogP contribution >= 0.6 is 0 Å². The van der Waals surface area contributed by atoms with E-state index in [2.05, 4.69) is 43.7 Å². The van der Waals surface area contributed by atoms with Gasteiger partial charge in [0.2, 0.25) is 16.0 Å². The predicted molar refractivity (Wildman–Crippen MR) is 145 cm³/mol. The second-order valence-electron chi connectivity index (χ2n) is 11.1. The fourth-order valence-electron chi connectivity index (χ4n) is 6.23. The van der Waals surface area contributed by atoms with E-state index in [-0.39, 0.29) is 28.5 Å². The third-order valence-corrected chi connectivity index (χ3v) is 10.2. The number of hydrogen-bond acceptors (Lipinski definition) is 8. The van der Waals surface area contributed by atoms with E-state index in [0.29, 0.717) is 11.4 Å². The molecule has 1 aromatic carbocycles. The molecule has 1 N–H and O–H groups in total. The van der Waals surface area contributed by atoms with Gasteiger partial charge >= 0.3 is 0 Å². The maximum absolute atomic E-state index is 14.5. The van der Waals surface area contributed by atoms with Crippen molar-refractivity contribution in [3.63, 3.8) is 0 Å². The van der Waals surface area contributed by atoms with Crippen LogP contribution in [0, 0.1) is 17.0 Å². The van der Waals surface area contributed by atoms with Gasteiger partial charge in [0, 0.05) is 18.6 Å². The first-order chi connectivity index (χ1) is 19.0. The van der Waals surface area contributed by atoms with Gasteiger partial charge in [-0.25, -0.2) is 37.1 Å². The molecule has 0 spiro atoms. The molecule has 40 heavy (non-hydrogen) atoms. The van der Waals surface area contributed by atoms with Crippen LogP contribution in [0.3, 0.4) is 0 Å². The molecule has 6 rings (SSSR count). The van der Waals surface area contributed by atoms with E-state index in [9.17, 15) is 17.2 Å². The standard InChI is InChI=1S/C28H27F2N7O2S/c1-15(2)40(38,39)37-26-32-13-16(14-33-26)25-31-11-9-22(34-25)28-10-8-18(27(28,3)4)17-12-21(35-36-24(17)28)23-19(29)6-5-7-20(23)30/h5-7,9,11-15,18H,8,10H2,1-4H3,(H,32,33,37)/t18-,28-/m0/s1. The highest BCUT2D eigenvalue weighted by atomic mass is 32.2. The third kappa shape index (κ3) is 3.80. The summed E-state index contributed by atoms with van der Waals surface area (Å²) in [6.07, 6.45) is 6.25. The molecule has 4 aromatic rings. The predicted octanol–water partition coefficient (Wildman–Crippen LogP) is 5.02. The van der Waals surface area contributed by atoms with Crippen LogP contribution < -0.4 is 4.72 Å². The van der Waals surface area contributed by atoms with Crippen LogP contribution in [0.2, 0.25) is 0 Å². The van der Waals surface area contributed by atoms with E-state index in [4.69, 9.17) is 4.98 Å². The average Bonchev–Trinajstić information content (AvgIpc) is 3.30. The van der Waals surface area contributed by atoms with Crippen molar-refractivity contribution in [2.45, 2.75) is 57.1 Å². The largest absolute Gasteiger partial charge is 0.251 e. The van der Waals surface area contributed by atoms with E-state index in [1.165, 1.54) is 30.6 Å². The van der Waals surface area contributed by atoms with Crippen molar-refractivity contribution >= 4 is 16.0 Å². The van der Waals surface area contributed by atoms with Crippen LogP contribution in [-0.2, 0) is 15.4 Å². The van der Waals surface area contributed by atoms with E-state index in [1.807, 2.05) is 6.07 Å². The van der Waals surface area contributed by atoms with E-state index in [0.717, 1.165) is 29.8 Å².